The van der Waals surface area contributed by atoms with Gasteiger partial charge in [-0.1, -0.05) is 31.9 Å². The average molecular weight is 328 g/mol. The molecule has 24 heavy (non-hydrogen) atoms. The van der Waals surface area contributed by atoms with E-state index in [9.17, 15) is 4.79 Å². The molecule has 0 bridgehead atoms. The minimum atomic E-state index is 0.0760. The molecule has 2 rings (SSSR count). The molecule has 1 aromatic rings. The summed E-state index contributed by atoms with van der Waals surface area (Å²) in [5.74, 6) is 3.84. The Hall–Kier alpha value is -2.15. The number of rotatable bonds is 9. The molecule has 130 valence electrons. The minimum absolute atomic E-state index is 0.0760. The van der Waals surface area contributed by atoms with Gasteiger partial charge in [-0.2, -0.15) is 0 Å². The van der Waals surface area contributed by atoms with Crippen LogP contribution in [0.5, 0.6) is 5.75 Å². The number of benzene rings is 1. The van der Waals surface area contributed by atoms with Gasteiger partial charge in [0.2, 0.25) is 0 Å². The molecule has 1 fully saturated rings. The van der Waals surface area contributed by atoms with Gasteiger partial charge in [0.05, 0.1) is 0 Å². The van der Waals surface area contributed by atoms with E-state index in [-0.39, 0.29) is 12.6 Å². The Kier molecular flexibility index (Phi) is 6.99. The highest BCUT2D eigenvalue weighted by Gasteiger charge is 2.32. The fourth-order valence-corrected chi connectivity index (χ4v) is 2.53. The molecular weight excluding hydrogens is 300 g/mol. The first kappa shape index (κ1) is 18.2. The van der Waals surface area contributed by atoms with Crippen LogP contribution in [0.4, 0.5) is 4.79 Å². The van der Waals surface area contributed by atoms with Crippen LogP contribution in [0.25, 0.3) is 0 Å². The summed E-state index contributed by atoms with van der Waals surface area (Å²) in [7, 11) is 0. The third kappa shape index (κ3) is 6.16. The highest BCUT2D eigenvalue weighted by Crippen LogP contribution is 2.27. The van der Waals surface area contributed by atoms with Crippen LogP contribution in [0.2, 0.25) is 0 Å². The van der Waals surface area contributed by atoms with Crippen LogP contribution in [0, 0.1) is 18.3 Å². The van der Waals surface area contributed by atoms with E-state index in [2.05, 4.69) is 25.1 Å². The molecule has 0 heterocycles. The number of ether oxygens (including phenoxy) is 1. The van der Waals surface area contributed by atoms with Crippen molar-refractivity contribution in [3.8, 4) is 18.1 Å². The molecule has 4 nitrogen and oxygen atoms in total. The number of terminal acetylenes is 1. The van der Waals surface area contributed by atoms with Crippen LogP contribution >= 0.6 is 0 Å². The van der Waals surface area contributed by atoms with Crippen molar-refractivity contribution in [1.29, 1.82) is 0 Å². The Morgan fingerprint density at radius 2 is 2.08 bits per heavy atom. The highest BCUT2D eigenvalue weighted by molar-refractivity contribution is 5.74. The van der Waals surface area contributed by atoms with E-state index >= 15 is 0 Å². The van der Waals surface area contributed by atoms with E-state index in [0.717, 1.165) is 38.0 Å². The number of hydrogen-bond acceptors (Lipinski definition) is 2. The van der Waals surface area contributed by atoms with Gasteiger partial charge in [0.15, 0.2) is 0 Å². The van der Waals surface area contributed by atoms with E-state index in [1.165, 1.54) is 5.56 Å². The lowest BCUT2D eigenvalue weighted by molar-refractivity contribution is 0.191. The van der Waals surface area contributed by atoms with Crippen LogP contribution < -0.4 is 10.1 Å². The standard InChI is InChI=1S/C20H28N2O2/c1-4-15-24-19-9-5-17(6-10-19)11-13-21-20(23)22(18-7-8-18)14-12-16(2)3/h1,5-6,9-10,16,18H,7-8,11-15H2,2-3H3,(H,21,23). The Labute approximate surface area is 145 Å². The van der Waals surface area contributed by atoms with E-state index in [0.29, 0.717) is 18.5 Å². The first-order valence-electron chi connectivity index (χ1n) is 8.80. The molecule has 0 unspecified atom stereocenters. The number of carbonyl (C=O) groups is 1. The molecule has 0 aliphatic heterocycles. The summed E-state index contributed by atoms with van der Waals surface area (Å²) in [6.07, 6.45) is 9.32. The lowest BCUT2D eigenvalue weighted by Crippen LogP contribution is -2.42. The topological polar surface area (TPSA) is 41.6 Å². The molecule has 1 saturated carbocycles. The van der Waals surface area contributed by atoms with E-state index in [4.69, 9.17) is 11.2 Å². The number of nitrogens with one attached hydrogen (secondary N) is 1. The van der Waals surface area contributed by atoms with E-state index in [1.807, 2.05) is 29.2 Å². The smallest absolute Gasteiger partial charge is 0.317 e. The summed E-state index contributed by atoms with van der Waals surface area (Å²) in [5.41, 5.74) is 1.17. The third-order valence-electron chi connectivity index (χ3n) is 4.13. The SMILES string of the molecule is C#CCOc1ccc(CCNC(=O)N(CCC(C)C)C2CC2)cc1. The Morgan fingerprint density at radius 3 is 2.67 bits per heavy atom. The predicted molar refractivity (Wildman–Crippen MR) is 97.1 cm³/mol. The molecule has 0 saturated heterocycles. The van der Waals surface area contributed by atoms with Gasteiger partial charge in [-0.3, -0.25) is 0 Å². The zero-order chi connectivity index (χ0) is 17.4. The maximum atomic E-state index is 12.4. The van der Waals surface area contributed by atoms with Gasteiger partial charge in [-0.05, 0) is 49.3 Å². The number of carbonyl (C=O) groups excluding carboxylic acids is 1. The zero-order valence-electron chi connectivity index (χ0n) is 14.8. The van der Waals surface area contributed by atoms with E-state index < -0.39 is 0 Å². The Morgan fingerprint density at radius 1 is 1.38 bits per heavy atom. The summed E-state index contributed by atoms with van der Waals surface area (Å²) < 4.78 is 5.35. The minimum Gasteiger partial charge on any atom is -0.481 e. The molecule has 0 atom stereocenters. The molecule has 0 radical (unpaired) electrons. The quantitative estimate of drug-likeness (QED) is 0.705. The average Bonchev–Trinajstić information content (AvgIpc) is 3.39. The number of nitrogens with zero attached hydrogens (tertiary/aromatic N) is 1. The first-order chi connectivity index (χ1) is 11.6. The lowest BCUT2D eigenvalue weighted by atomic mass is 10.1. The number of hydrogen-bond donors (Lipinski definition) is 1. The van der Waals surface area contributed by atoms with Crippen molar-refractivity contribution >= 4 is 6.03 Å². The molecule has 0 spiro atoms. The summed E-state index contributed by atoms with van der Waals surface area (Å²) >= 11 is 0. The van der Waals surface area contributed by atoms with Crippen molar-refractivity contribution in [1.82, 2.24) is 10.2 Å². The van der Waals surface area contributed by atoms with Gasteiger partial charge in [-0.25, -0.2) is 4.79 Å². The van der Waals surface area contributed by atoms with E-state index in [1.54, 1.807) is 0 Å². The van der Waals surface area contributed by atoms with Crippen molar-refractivity contribution in [3.63, 3.8) is 0 Å². The van der Waals surface area contributed by atoms with Crippen LogP contribution in [-0.2, 0) is 6.42 Å². The molecule has 1 N–H and O–H groups in total. The second kappa shape index (κ2) is 9.22. The van der Waals surface area contributed by atoms with Gasteiger partial charge in [-0.15, -0.1) is 6.42 Å². The molecule has 2 amide bonds. The molecular formula is C20H28N2O2. The third-order valence-corrected chi connectivity index (χ3v) is 4.13. The summed E-state index contributed by atoms with van der Waals surface area (Å²) in [6.45, 7) is 6.17. The predicted octanol–water partition coefficient (Wildman–Crippen LogP) is 3.46. The fraction of sp³-hybridized carbons (Fsp3) is 0.550. The lowest BCUT2D eigenvalue weighted by Gasteiger charge is -2.23. The summed E-state index contributed by atoms with van der Waals surface area (Å²) in [6, 6.07) is 8.37. The van der Waals surface area contributed by atoms with Crippen molar-refractivity contribution < 1.29 is 9.53 Å². The largest absolute Gasteiger partial charge is 0.481 e. The second-order valence-electron chi connectivity index (χ2n) is 6.73. The highest BCUT2D eigenvalue weighted by atomic mass is 16.5. The first-order valence-corrected chi connectivity index (χ1v) is 8.80. The van der Waals surface area contributed by atoms with Crippen molar-refractivity contribution in [2.24, 2.45) is 5.92 Å². The van der Waals surface area contributed by atoms with Crippen molar-refractivity contribution in [3.05, 3.63) is 29.8 Å². The van der Waals surface area contributed by atoms with Gasteiger partial charge < -0.3 is 15.0 Å². The summed E-state index contributed by atoms with van der Waals surface area (Å²) in [4.78, 5) is 14.4. The second-order valence-corrected chi connectivity index (χ2v) is 6.73. The van der Waals surface area contributed by atoms with Crippen molar-refractivity contribution in [2.45, 2.75) is 45.6 Å². The number of amides is 2. The van der Waals surface area contributed by atoms with Crippen LogP contribution in [0.1, 0.15) is 38.7 Å². The fourth-order valence-electron chi connectivity index (χ4n) is 2.53. The molecule has 4 heteroatoms. The Balaban J connectivity index is 1.73. The molecule has 1 aromatic carbocycles. The van der Waals surface area contributed by atoms with Crippen LogP contribution in [0.3, 0.4) is 0 Å². The van der Waals surface area contributed by atoms with Crippen LogP contribution in [-0.4, -0.2) is 36.7 Å². The van der Waals surface area contributed by atoms with Gasteiger partial charge in [0, 0.05) is 19.1 Å². The molecule has 0 aromatic heterocycles. The van der Waals surface area contributed by atoms with Gasteiger partial charge >= 0.3 is 6.03 Å². The maximum Gasteiger partial charge on any atom is 0.317 e. The van der Waals surface area contributed by atoms with Gasteiger partial charge in [0.1, 0.15) is 12.4 Å². The molecule has 1 aliphatic rings. The zero-order valence-corrected chi connectivity index (χ0v) is 14.8. The maximum absolute atomic E-state index is 12.4. The number of urea groups is 1. The summed E-state index contributed by atoms with van der Waals surface area (Å²) in [5, 5.41) is 3.05. The normalized spacial score (nSPS) is 13.4. The van der Waals surface area contributed by atoms with Crippen LogP contribution in [0.15, 0.2) is 24.3 Å². The van der Waals surface area contributed by atoms with Gasteiger partial charge in [0.25, 0.3) is 0 Å². The molecule has 1 aliphatic carbocycles. The Bertz CT molecular complexity index is 556. The monoisotopic (exact) mass is 328 g/mol. The van der Waals surface area contributed by atoms with Crippen molar-refractivity contribution in [2.75, 3.05) is 19.7 Å².